The number of fused-ring (bicyclic) bond motifs is 1. The van der Waals surface area contributed by atoms with Crippen LogP contribution in [0.4, 0.5) is 10.5 Å². The maximum atomic E-state index is 12.3. The summed E-state index contributed by atoms with van der Waals surface area (Å²) in [7, 11) is 0. The number of benzene rings is 1. The minimum absolute atomic E-state index is 0.354. The van der Waals surface area contributed by atoms with Crippen LogP contribution in [0.15, 0.2) is 18.2 Å². The molecule has 0 saturated heterocycles. The molecule has 1 aliphatic heterocycles. The SMILES string of the molecule is C[C@H](C(=O)O)c1ccc2c(c1)CCCN2C(=O)OC(C)(C)C. The van der Waals surface area contributed by atoms with Crippen LogP contribution in [0.25, 0.3) is 0 Å². The zero-order valence-electron chi connectivity index (χ0n) is 13.5. The highest BCUT2D eigenvalue weighted by Crippen LogP contribution is 2.31. The average Bonchev–Trinajstić information content (AvgIpc) is 2.43. The first-order valence-electron chi connectivity index (χ1n) is 7.55. The van der Waals surface area contributed by atoms with Gasteiger partial charge >= 0.3 is 12.1 Å². The molecule has 1 atom stereocenters. The van der Waals surface area contributed by atoms with Gasteiger partial charge in [-0.1, -0.05) is 12.1 Å². The lowest BCUT2D eigenvalue weighted by Crippen LogP contribution is -2.39. The number of aliphatic carboxylic acids is 1. The van der Waals surface area contributed by atoms with Gasteiger partial charge in [-0.05, 0) is 57.7 Å². The molecule has 0 spiro atoms. The summed E-state index contributed by atoms with van der Waals surface area (Å²) < 4.78 is 5.44. The van der Waals surface area contributed by atoms with Crippen LogP contribution < -0.4 is 4.90 Å². The molecule has 1 heterocycles. The second-order valence-corrected chi connectivity index (χ2v) is 6.68. The molecule has 5 nitrogen and oxygen atoms in total. The number of aryl methyl sites for hydroxylation is 1. The van der Waals surface area contributed by atoms with Crippen molar-refractivity contribution in [3.05, 3.63) is 29.3 Å². The molecule has 0 bridgehead atoms. The smallest absolute Gasteiger partial charge is 0.414 e. The number of hydrogen-bond donors (Lipinski definition) is 1. The number of nitrogens with zero attached hydrogens (tertiary/aromatic N) is 1. The average molecular weight is 305 g/mol. The van der Waals surface area contributed by atoms with E-state index in [2.05, 4.69) is 0 Å². The van der Waals surface area contributed by atoms with Gasteiger partial charge < -0.3 is 9.84 Å². The quantitative estimate of drug-likeness (QED) is 0.907. The Balaban J connectivity index is 2.28. The zero-order valence-corrected chi connectivity index (χ0v) is 13.5. The van der Waals surface area contributed by atoms with Gasteiger partial charge in [0.1, 0.15) is 5.60 Å². The minimum Gasteiger partial charge on any atom is -0.481 e. The molecule has 0 aliphatic carbocycles. The van der Waals surface area contributed by atoms with Gasteiger partial charge in [-0.15, -0.1) is 0 Å². The number of hydrogen-bond acceptors (Lipinski definition) is 3. The highest BCUT2D eigenvalue weighted by atomic mass is 16.6. The van der Waals surface area contributed by atoms with Crippen molar-refractivity contribution in [1.82, 2.24) is 0 Å². The molecule has 0 saturated carbocycles. The van der Waals surface area contributed by atoms with Crippen LogP contribution in [-0.4, -0.2) is 29.3 Å². The van der Waals surface area contributed by atoms with Crippen molar-refractivity contribution in [1.29, 1.82) is 0 Å². The predicted molar refractivity (Wildman–Crippen MR) is 84.4 cm³/mol. The molecule has 1 amide bonds. The molecular formula is C17H23NO4. The highest BCUT2D eigenvalue weighted by Gasteiger charge is 2.28. The lowest BCUT2D eigenvalue weighted by Gasteiger charge is -2.32. The molecule has 0 aromatic heterocycles. The van der Waals surface area contributed by atoms with Gasteiger partial charge in [0.15, 0.2) is 0 Å². The number of carboxylic acids is 1. The van der Waals surface area contributed by atoms with Crippen molar-refractivity contribution in [2.24, 2.45) is 0 Å². The molecule has 0 unspecified atom stereocenters. The van der Waals surface area contributed by atoms with Gasteiger partial charge in [-0.2, -0.15) is 0 Å². The number of ether oxygens (including phenoxy) is 1. The molecule has 1 aliphatic rings. The van der Waals surface area contributed by atoms with Gasteiger partial charge in [0.05, 0.1) is 11.6 Å². The molecule has 22 heavy (non-hydrogen) atoms. The summed E-state index contributed by atoms with van der Waals surface area (Å²) in [4.78, 5) is 25.1. The fraction of sp³-hybridized carbons (Fsp3) is 0.529. The third kappa shape index (κ3) is 3.59. The summed E-state index contributed by atoms with van der Waals surface area (Å²) in [5, 5.41) is 9.12. The van der Waals surface area contributed by atoms with Crippen LogP contribution >= 0.6 is 0 Å². The Morgan fingerprint density at radius 2 is 2.00 bits per heavy atom. The molecule has 120 valence electrons. The molecule has 1 aromatic carbocycles. The summed E-state index contributed by atoms with van der Waals surface area (Å²) in [6, 6.07) is 5.50. The Morgan fingerprint density at radius 3 is 2.59 bits per heavy atom. The van der Waals surface area contributed by atoms with Crippen LogP contribution in [0.3, 0.4) is 0 Å². The molecule has 1 N–H and O–H groups in total. The Hall–Kier alpha value is -2.04. The summed E-state index contributed by atoms with van der Waals surface area (Å²) in [5.41, 5.74) is 2.05. The summed E-state index contributed by atoms with van der Waals surface area (Å²) in [6.45, 7) is 7.81. The third-order valence-corrected chi connectivity index (χ3v) is 3.71. The Morgan fingerprint density at radius 1 is 1.32 bits per heavy atom. The predicted octanol–water partition coefficient (Wildman–Crippen LogP) is 3.56. The number of amides is 1. The fourth-order valence-electron chi connectivity index (χ4n) is 2.54. The van der Waals surface area contributed by atoms with Crippen molar-refractivity contribution in [2.45, 2.75) is 52.1 Å². The maximum Gasteiger partial charge on any atom is 0.414 e. The van der Waals surface area contributed by atoms with E-state index in [0.29, 0.717) is 6.54 Å². The molecular weight excluding hydrogens is 282 g/mol. The van der Waals surface area contributed by atoms with Crippen molar-refractivity contribution in [3.63, 3.8) is 0 Å². The van der Waals surface area contributed by atoms with Crippen molar-refractivity contribution >= 4 is 17.7 Å². The Bertz CT molecular complexity index is 589. The number of rotatable bonds is 2. The largest absolute Gasteiger partial charge is 0.481 e. The van der Waals surface area contributed by atoms with Gasteiger partial charge in [-0.25, -0.2) is 4.79 Å². The monoisotopic (exact) mass is 305 g/mol. The van der Waals surface area contributed by atoms with Crippen LogP contribution in [0, 0.1) is 0 Å². The first-order valence-corrected chi connectivity index (χ1v) is 7.55. The van der Waals surface area contributed by atoms with E-state index in [-0.39, 0.29) is 6.09 Å². The van der Waals surface area contributed by atoms with E-state index in [9.17, 15) is 9.59 Å². The lowest BCUT2D eigenvalue weighted by molar-refractivity contribution is -0.138. The number of carbonyl (C=O) groups is 2. The second kappa shape index (κ2) is 5.99. The minimum atomic E-state index is -0.847. The standard InChI is InChI=1S/C17H23NO4/c1-11(15(19)20)12-7-8-14-13(10-12)6-5-9-18(14)16(21)22-17(2,3)4/h7-8,10-11H,5-6,9H2,1-4H3,(H,19,20)/t11-/m0/s1. The number of anilines is 1. The van der Waals surface area contributed by atoms with Crippen LogP contribution in [0.2, 0.25) is 0 Å². The highest BCUT2D eigenvalue weighted by molar-refractivity contribution is 5.89. The van der Waals surface area contributed by atoms with Gasteiger partial charge in [-0.3, -0.25) is 9.69 Å². The molecule has 1 aromatic rings. The Kier molecular flexibility index (Phi) is 4.44. The summed E-state index contributed by atoms with van der Waals surface area (Å²) in [5.74, 6) is -1.40. The molecule has 5 heteroatoms. The van der Waals surface area contributed by atoms with E-state index >= 15 is 0 Å². The lowest BCUT2D eigenvalue weighted by atomic mass is 9.94. The third-order valence-electron chi connectivity index (χ3n) is 3.71. The molecule has 0 fully saturated rings. The number of carboxylic acid groups (broad SMARTS) is 1. The zero-order chi connectivity index (χ0) is 16.5. The van der Waals surface area contributed by atoms with Crippen molar-refractivity contribution in [3.8, 4) is 0 Å². The topological polar surface area (TPSA) is 66.8 Å². The van der Waals surface area contributed by atoms with E-state index in [1.165, 1.54) is 0 Å². The van der Waals surface area contributed by atoms with Crippen LogP contribution in [0.1, 0.15) is 51.2 Å². The second-order valence-electron chi connectivity index (χ2n) is 6.68. The van der Waals surface area contributed by atoms with E-state index in [4.69, 9.17) is 9.84 Å². The first kappa shape index (κ1) is 16.3. The fourth-order valence-corrected chi connectivity index (χ4v) is 2.54. The Labute approximate surface area is 130 Å². The van der Waals surface area contributed by atoms with Gasteiger partial charge in [0, 0.05) is 6.54 Å². The van der Waals surface area contributed by atoms with Crippen molar-refractivity contribution in [2.75, 3.05) is 11.4 Å². The van der Waals surface area contributed by atoms with E-state index in [1.54, 1.807) is 17.9 Å². The van der Waals surface area contributed by atoms with Crippen LogP contribution in [-0.2, 0) is 16.0 Å². The van der Waals surface area contributed by atoms with Gasteiger partial charge in [0.25, 0.3) is 0 Å². The van der Waals surface area contributed by atoms with Crippen LogP contribution in [0.5, 0.6) is 0 Å². The van der Waals surface area contributed by atoms with E-state index < -0.39 is 17.5 Å². The normalized spacial score (nSPS) is 15.9. The summed E-state index contributed by atoms with van der Waals surface area (Å²) in [6.07, 6.45) is 1.33. The van der Waals surface area contributed by atoms with Crippen molar-refractivity contribution < 1.29 is 19.4 Å². The van der Waals surface area contributed by atoms with E-state index in [0.717, 1.165) is 29.7 Å². The first-order chi connectivity index (χ1) is 10.2. The van der Waals surface area contributed by atoms with Gasteiger partial charge in [0.2, 0.25) is 0 Å². The number of carbonyl (C=O) groups excluding carboxylic acids is 1. The molecule has 0 radical (unpaired) electrons. The van der Waals surface area contributed by atoms with E-state index in [1.807, 2.05) is 32.9 Å². The maximum absolute atomic E-state index is 12.3. The summed E-state index contributed by atoms with van der Waals surface area (Å²) >= 11 is 0. The molecule has 2 rings (SSSR count).